The summed E-state index contributed by atoms with van der Waals surface area (Å²) in [6, 6.07) is 11.2. The maximum absolute atomic E-state index is 13.5. The van der Waals surface area contributed by atoms with Crippen LogP contribution in [0.15, 0.2) is 64.8 Å². The molecule has 1 aliphatic rings. The van der Waals surface area contributed by atoms with Crippen molar-refractivity contribution in [2.75, 3.05) is 6.61 Å². The quantitative estimate of drug-likeness (QED) is 0.185. The molecule has 40 heavy (non-hydrogen) atoms. The van der Waals surface area contributed by atoms with E-state index in [9.17, 15) is 9.59 Å². The number of benzene rings is 1. The molecule has 10 heteroatoms. The minimum absolute atomic E-state index is 0.00975. The number of halogens is 1. The lowest BCUT2D eigenvalue weighted by molar-refractivity contribution is -0.123. The topological polar surface area (TPSA) is 82.6 Å². The van der Waals surface area contributed by atoms with Crippen molar-refractivity contribution in [1.29, 1.82) is 0 Å². The number of ether oxygens (including phenoxy) is 1. The molecule has 1 aliphatic heterocycles. The molecule has 1 saturated heterocycles. The highest BCUT2D eigenvalue weighted by molar-refractivity contribution is 9.09. The molecule has 2 aromatic rings. The van der Waals surface area contributed by atoms with Crippen LogP contribution in [0.1, 0.15) is 53.0 Å². The van der Waals surface area contributed by atoms with Gasteiger partial charge >= 0.3 is 5.69 Å². The second-order valence-corrected chi connectivity index (χ2v) is 24.4. The van der Waals surface area contributed by atoms with Gasteiger partial charge < -0.3 is 13.6 Å². The molecule has 0 radical (unpaired) electrons. The van der Waals surface area contributed by atoms with Crippen molar-refractivity contribution in [2.24, 2.45) is 0 Å². The van der Waals surface area contributed by atoms with Crippen molar-refractivity contribution in [3.05, 3.63) is 81.7 Å². The molecule has 1 aromatic carbocycles. The van der Waals surface area contributed by atoms with Gasteiger partial charge in [-0.15, -0.1) is 6.58 Å². The van der Waals surface area contributed by atoms with Crippen molar-refractivity contribution >= 4 is 32.6 Å². The van der Waals surface area contributed by atoms with Gasteiger partial charge in [-0.25, -0.2) is 4.79 Å². The molecule has 0 saturated carbocycles. The first-order valence-corrected chi connectivity index (χ1v) is 20.7. The van der Waals surface area contributed by atoms with Crippen LogP contribution in [0.4, 0.5) is 0 Å². The summed E-state index contributed by atoms with van der Waals surface area (Å²) in [4.78, 5) is 27.5. The van der Waals surface area contributed by atoms with Gasteiger partial charge in [-0.1, -0.05) is 93.9 Å². The lowest BCUT2D eigenvalue weighted by atomic mass is 9.85. The van der Waals surface area contributed by atoms with E-state index in [2.05, 4.69) is 95.2 Å². The zero-order valence-corrected chi connectivity index (χ0v) is 29.3. The number of aromatic amines is 1. The lowest BCUT2D eigenvalue weighted by Gasteiger charge is -2.42. The Labute approximate surface area is 249 Å². The maximum Gasteiger partial charge on any atom is 0.330 e. The number of hydrogen-bond acceptors (Lipinski definition) is 5. The SMILES string of the molecule is C=CC(c1ccccc1)[C@@]1(n2ccc(=O)[nH]c2=O)O[C@H](CO[Si](C)(C)C(C)(C)C)[C@@H](O[Si](C)(C)C(C)(C)C)[C@@H]1Br. The van der Waals surface area contributed by atoms with E-state index in [0.717, 1.165) is 5.56 Å². The van der Waals surface area contributed by atoms with Crippen molar-refractivity contribution in [3.63, 3.8) is 0 Å². The van der Waals surface area contributed by atoms with Crippen LogP contribution in [-0.4, -0.2) is 49.8 Å². The highest BCUT2D eigenvalue weighted by Gasteiger charge is 2.61. The number of alkyl halides is 1. The highest BCUT2D eigenvalue weighted by Crippen LogP contribution is 2.52. The van der Waals surface area contributed by atoms with Crippen LogP contribution in [-0.2, 0) is 19.3 Å². The van der Waals surface area contributed by atoms with Gasteiger partial charge in [0, 0.05) is 12.3 Å². The van der Waals surface area contributed by atoms with Crippen molar-refractivity contribution in [2.45, 2.75) is 106 Å². The Balaban J connectivity index is 2.25. The van der Waals surface area contributed by atoms with E-state index in [1.165, 1.54) is 16.8 Å². The summed E-state index contributed by atoms with van der Waals surface area (Å²) in [7, 11) is -4.44. The third kappa shape index (κ3) is 6.27. The van der Waals surface area contributed by atoms with Gasteiger partial charge in [-0.05, 0) is 41.8 Å². The predicted octanol–water partition coefficient (Wildman–Crippen LogP) is 6.73. The lowest BCUT2D eigenvalue weighted by Crippen LogP contribution is -2.54. The minimum atomic E-state index is -2.30. The van der Waals surface area contributed by atoms with E-state index in [-0.39, 0.29) is 10.1 Å². The van der Waals surface area contributed by atoms with Gasteiger partial charge in [0.05, 0.1) is 23.5 Å². The molecule has 5 atom stereocenters. The fraction of sp³-hybridized carbons (Fsp3) is 0.600. The zero-order valence-electron chi connectivity index (χ0n) is 25.7. The molecular formula is C30H47BrN2O5Si2. The van der Waals surface area contributed by atoms with E-state index >= 15 is 0 Å². The Morgan fingerprint density at radius 2 is 1.62 bits per heavy atom. The molecule has 1 aromatic heterocycles. The summed E-state index contributed by atoms with van der Waals surface area (Å²) in [6.45, 7) is 26.6. The van der Waals surface area contributed by atoms with Crippen LogP contribution in [0.25, 0.3) is 0 Å². The molecule has 1 N–H and O–H groups in total. The summed E-state index contributed by atoms with van der Waals surface area (Å²) in [5.74, 6) is -0.454. The van der Waals surface area contributed by atoms with Crippen molar-refractivity contribution in [3.8, 4) is 0 Å². The summed E-state index contributed by atoms with van der Waals surface area (Å²) in [6.07, 6.45) is 2.39. The molecule has 0 bridgehead atoms. The Kier molecular flexibility index (Phi) is 9.56. The third-order valence-electron chi connectivity index (χ3n) is 9.08. The molecule has 2 heterocycles. The van der Waals surface area contributed by atoms with Gasteiger partial charge in [-0.2, -0.15) is 0 Å². The number of hydrogen-bond donors (Lipinski definition) is 1. The Morgan fingerprint density at radius 3 is 2.12 bits per heavy atom. The first-order chi connectivity index (χ1) is 18.3. The first kappa shape index (κ1) is 32.9. The summed E-state index contributed by atoms with van der Waals surface area (Å²) in [5.41, 5.74) is -1.39. The molecule has 1 unspecified atom stereocenters. The van der Waals surface area contributed by atoms with Gasteiger partial charge in [-0.3, -0.25) is 14.3 Å². The van der Waals surface area contributed by atoms with Crippen LogP contribution in [0.3, 0.4) is 0 Å². The molecule has 222 valence electrons. The Morgan fingerprint density at radius 1 is 1.05 bits per heavy atom. The molecule has 1 fully saturated rings. The molecule has 3 rings (SSSR count). The molecule has 0 aliphatic carbocycles. The van der Waals surface area contributed by atoms with E-state index in [1.54, 1.807) is 0 Å². The average Bonchev–Trinajstić information content (AvgIpc) is 3.09. The Hall–Kier alpha value is -1.57. The smallest absolute Gasteiger partial charge is 0.330 e. The molecular weight excluding hydrogens is 604 g/mol. The third-order valence-corrected chi connectivity index (χ3v) is 19.2. The fourth-order valence-electron chi connectivity index (χ4n) is 4.57. The van der Waals surface area contributed by atoms with Crippen LogP contribution in [0, 0.1) is 0 Å². The molecule has 7 nitrogen and oxygen atoms in total. The summed E-state index contributed by atoms with van der Waals surface area (Å²) >= 11 is 4.00. The minimum Gasteiger partial charge on any atom is -0.414 e. The van der Waals surface area contributed by atoms with Gasteiger partial charge in [0.25, 0.3) is 5.56 Å². The van der Waals surface area contributed by atoms with Crippen LogP contribution >= 0.6 is 15.9 Å². The van der Waals surface area contributed by atoms with E-state index in [4.69, 9.17) is 13.6 Å². The normalized spacial score (nSPS) is 25.1. The van der Waals surface area contributed by atoms with E-state index in [1.807, 2.05) is 36.4 Å². The maximum atomic E-state index is 13.5. The number of nitrogens with one attached hydrogen (secondary N) is 1. The summed E-state index contributed by atoms with van der Waals surface area (Å²) < 4.78 is 22.4. The fourth-order valence-corrected chi connectivity index (χ4v) is 8.16. The van der Waals surface area contributed by atoms with Crippen LogP contribution in [0.5, 0.6) is 0 Å². The number of rotatable bonds is 9. The van der Waals surface area contributed by atoms with Crippen molar-refractivity contribution < 1.29 is 13.6 Å². The average molecular weight is 652 g/mol. The van der Waals surface area contributed by atoms with E-state index in [0.29, 0.717) is 6.61 Å². The monoisotopic (exact) mass is 650 g/mol. The molecule has 0 amide bonds. The van der Waals surface area contributed by atoms with Crippen LogP contribution in [0.2, 0.25) is 36.3 Å². The summed E-state index contributed by atoms with van der Waals surface area (Å²) in [5, 5.41) is -0.0439. The standard InChI is InChI=1S/C30H47BrN2O5Si2/c1-12-22(21-16-14-13-15-17-21)30(33-19-18-24(34)32-27(33)35)26(31)25(38-40(10,11)29(5,6)7)23(37-30)20-36-39(8,9)28(2,3)4/h12-19,22-23,25-26H,1,20H2,2-11H3,(H,32,34,35)/t22?,23-,25-,26+,30-/m1/s1. The van der Waals surface area contributed by atoms with Gasteiger partial charge in [0.1, 0.15) is 6.10 Å². The van der Waals surface area contributed by atoms with Crippen molar-refractivity contribution in [1.82, 2.24) is 9.55 Å². The van der Waals surface area contributed by atoms with Crippen LogP contribution < -0.4 is 11.2 Å². The number of aromatic nitrogens is 2. The second kappa shape index (κ2) is 11.6. The second-order valence-electron chi connectivity index (χ2n) is 13.8. The molecule has 0 spiro atoms. The zero-order chi connectivity index (χ0) is 30.3. The largest absolute Gasteiger partial charge is 0.414 e. The van der Waals surface area contributed by atoms with Gasteiger partial charge in [0.2, 0.25) is 0 Å². The van der Waals surface area contributed by atoms with Gasteiger partial charge in [0.15, 0.2) is 22.4 Å². The Bertz CT molecular complexity index is 1300. The number of H-pyrrole nitrogens is 1. The van der Waals surface area contributed by atoms with E-state index < -0.39 is 56.6 Å². The first-order valence-electron chi connectivity index (χ1n) is 13.9. The number of nitrogens with zero attached hydrogens (tertiary/aromatic N) is 1. The highest BCUT2D eigenvalue weighted by atomic mass is 79.9. The predicted molar refractivity (Wildman–Crippen MR) is 171 cm³/mol.